The van der Waals surface area contributed by atoms with Crippen LogP contribution in [0.5, 0.6) is 0 Å². The van der Waals surface area contributed by atoms with Crippen molar-refractivity contribution >= 4 is 91.5 Å². The molecule has 1 amide bonds. The molecule has 0 unspecified atom stereocenters. The van der Waals surface area contributed by atoms with Gasteiger partial charge in [-0.1, -0.05) is 0 Å². The highest BCUT2D eigenvalue weighted by Crippen LogP contribution is 2.34. The number of carbonyl (C=O) groups excluding carboxylic acids is 1. The summed E-state index contributed by atoms with van der Waals surface area (Å²) in [6.07, 6.45) is 7.56. The van der Waals surface area contributed by atoms with Crippen molar-refractivity contribution in [1.29, 1.82) is 0 Å². The van der Waals surface area contributed by atoms with Crippen LogP contribution in [0.1, 0.15) is 50.1 Å². The van der Waals surface area contributed by atoms with E-state index in [0.29, 0.717) is 18.8 Å². The zero-order chi connectivity index (χ0) is 33.6. The monoisotopic (exact) mass is 748 g/mol. The maximum absolute atomic E-state index is 11.9. The van der Waals surface area contributed by atoms with Crippen LogP contribution in [-0.4, -0.2) is 50.8 Å². The first kappa shape index (κ1) is 39.5. The second-order valence-electron chi connectivity index (χ2n) is 12.1. The maximum Gasteiger partial charge on any atom is 0.407 e. The number of halogens is 2. The molecule has 6 heterocycles. The van der Waals surface area contributed by atoms with E-state index in [1.165, 1.54) is 4.88 Å². The number of nitrogens with zero attached hydrogens (tertiary/aromatic N) is 5. The molecule has 0 bridgehead atoms. The Morgan fingerprint density at radius 3 is 2.20 bits per heavy atom. The molecular formula is C33H42Cl2N8O4S2. The van der Waals surface area contributed by atoms with E-state index in [0.717, 1.165) is 49.1 Å². The standard InChI is InChI=1S/C19H24N4O3S.C14H16N4OS.2ClH/c1-12(22-18(24)26-19(2,3)4)9-13-10-14-16(27-13)17(21-11-20-14)23(5)15-7-6-8-25-15;1-9(15)5-11-6-12-13(20-11)14(18-8-17-12)16-7-10-3-2-4-19-10;;/h6-8,10-12H,9H2,1-5H3,(H,22,24);2-4,6,8-9H,5,7,15H2,1H3,(H,16,17,18);2*1H/t12-;9-;;/m00../s1. The number of nitrogens with two attached hydrogens (primary N) is 1. The van der Waals surface area contributed by atoms with Gasteiger partial charge in [0.1, 0.15) is 29.8 Å². The van der Waals surface area contributed by atoms with Crippen LogP contribution < -0.4 is 21.3 Å². The zero-order valence-corrected chi connectivity index (χ0v) is 31.4. The first-order valence-corrected chi connectivity index (χ1v) is 16.8. The largest absolute Gasteiger partial charge is 0.467 e. The Morgan fingerprint density at radius 1 is 0.939 bits per heavy atom. The van der Waals surface area contributed by atoms with E-state index in [1.54, 1.807) is 47.9 Å². The second-order valence-corrected chi connectivity index (χ2v) is 14.4. The average molecular weight is 750 g/mol. The highest BCUT2D eigenvalue weighted by Gasteiger charge is 2.20. The number of fused-ring (bicyclic) bond motifs is 2. The van der Waals surface area contributed by atoms with Gasteiger partial charge in [-0.15, -0.1) is 47.5 Å². The van der Waals surface area contributed by atoms with E-state index in [9.17, 15) is 4.79 Å². The van der Waals surface area contributed by atoms with Crippen LogP contribution in [0.3, 0.4) is 0 Å². The van der Waals surface area contributed by atoms with E-state index in [4.69, 9.17) is 19.3 Å². The number of ether oxygens (including phenoxy) is 1. The van der Waals surface area contributed by atoms with Crippen LogP contribution in [0.15, 0.2) is 70.4 Å². The molecule has 0 saturated heterocycles. The Morgan fingerprint density at radius 2 is 1.57 bits per heavy atom. The summed E-state index contributed by atoms with van der Waals surface area (Å²) in [7, 11) is 1.91. The molecule has 4 N–H and O–H groups in total. The lowest BCUT2D eigenvalue weighted by molar-refractivity contribution is 0.0508. The number of carbonyl (C=O) groups is 1. The van der Waals surface area contributed by atoms with Gasteiger partial charge >= 0.3 is 6.09 Å². The number of alkyl carbamates (subject to hydrolysis) is 1. The van der Waals surface area contributed by atoms with Gasteiger partial charge in [-0.25, -0.2) is 24.7 Å². The first-order valence-electron chi connectivity index (χ1n) is 15.2. The molecule has 16 heteroatoms. The van der Waals surface area contributed by atoms with Crippen molar-refractivity contribution in [3.8, 4) is 0 Å². The molecule has 49 heavy (non-hydrogen) atoms. The number of hydrogen-bond donors (Lipinski definition) is 3. The van der Waals surface area contributed by atoms with Gasteiger partial charge < -0.3 is 29.9 Å². The van der Waals surface area contributed by atoms with Crippen LogP contribution in [0.4, 0.5) is 22.3 Å². The molecule has 6 aromatic rings. The van der Waals surface area contributed by atoms with Gasteiger partial charge in [-0.2, -0.15) is 0 Å². The average Bonchev–Trinajstić information content (AvgIpc) is 3.81. The van der Waals surface area contributed by atoms with Crippen molar-refractivity contribution in [3.63, 3.8) is 0 Å². The van der Waals surface area contributed by atoms with Crippen molar-refractivity contribution in [1.82, 2.24) is 25.3 Å². The number of thiophene rings is 2. The lowest BCUT2D eigenvalue weighted by Gasteiger charge is -2.21. The summed E-state index contributed by atoms with van der Waals surface area (Å²) in [5, 5.41) is 6.16. The van der Waals surface area contributed by atoms with E-state index < -0.39 is 11.7 Å². The van der Waals surface area contributed by atoms with E-state index in [1.807, 2.05) is 76.9 Å². The second kappa shape index (κ2) is 17.6. The molecule has 2 atom stereocenters. The third-order valence-electron chi connectivity index (χ3n) is 6.66. The summed E-state index contributed by atoms with van der Waals surface area (Å²) in [5.41, 5.74) is 7.18. The normalized spacial score (nSPS) is 12.2. The lowest BCUT2D eigenvalue weighted by atomic mass is 10.2. The van der Waals surface area contributed by atoms with Gasteiger partial charge in [0.2, 0.25) is 5.88 Å². The third kappa shape index (κ3) is 11.0. The minimum absolute atomic E-state index is 0. The molecular weight excluding hydrogens is 707 g/mol. The highest BCUT2D eigenvalue weighted by atomic mass is 35.5. The Labute approximate surface area is 305 Å². The Kier molecular flexibility index (Phi) is 14.2. The Balaban J connectivity index is 0.000000265. The topological polar surface area (TPSA) is 157 Å². The summed E-state index contributed by atoms with van der Waals surface area (Å²) in [5.74, 6) is 3.22. The fourth-order valence-electron chi connectivity index (χ4n) is 4.69. The number of hydrogen-bond acceptors (Lipinski definition) is 13. The van der Waals surface area contributed by atoms with Gasteiger partial charge in [-0.05, 0) is 71.4 Å². The minimum Gasteiger partial charge on any atom is -0.467 e. The fraction of sp³-hybridized carbons (Fsp3) is 0.364. The molecule has 0 saturated carbocycles. The van der Waals surface area contributed by atoms with Gasteiger partial charge in [0, 0.05) is 41.4 Å². The van der Waals surface area contributed by atoms with Gasteiger partial charge in [0.15, 0.2) is 5.82 Å². The molecule has 264 valence electrons. The first-order chi connectivity index (χ1) is 22.4. The van der Waals surface area contributed by atoms with E-state index in [2.05, 4.69) is 36.6 Å². The van der Waals surface area contributed by atoms with Crippen LogP contribution in [0.2, 0.25) is 0 Å². The molecule has 6 aromatic heterocycles. The Bertz CT molecular complexity index is 1890. The number of rotatable bonds is 10. The van der Waals surface area contributed by atoms with Crippen molar-refractivity contribution in [2.45, 2.75) is 71.7 Å². The third-order valence-corrected chi connectivity index (χ3v) is 8.96. The summed E-state index contributed by atoms with van der Waals surface area (Å²) >= 11 is 3.31. The molecule has 0 spiro atoms. The molecule has 0 radical (unpaired) electrons. The van der Waals surface area contributed by atoms with Crippen molar-refractivity contribution in [3.05, 3.63) is 77.1 Å². The Hall–Kier alpha value is -3.95. The van der Waals surface area contributed by atoms with Gasteiger partial charge in [0.25, 0.3) is 0 Å². The molecule has 0 aliphatic heterocycles. The predicted octanol–water partition coefficient (Wildman–Crippen LogP) is 8.14. The smallest absolute Gasteiger partial charge is 0.407 e. The van der Waals surface area contributed by atoms with Crippen molar-refractivity contribution in [2.75, 3.05) is 17.3 Å². The van der Waals surface area contributed by atoms with Crippen LogP contribution in [0, 0.1) is 0 Å². The SMILES string of the molecule is C[C@@H](Cc1cc2ncnc(N(C)c3ccco3)c2s1)NC(=O)OC(C)(C)C.C[C@H](N)Cc1cc2ncnc(NCc3ccco3)c2s1.Cl.Cl. The summed E-state index contributed by atoms with van der Waals surface area (Å²) < 4.78 is 18.1. The van der Waals surface area contributed by atoms with Crippen molar-refractivity contribution < 1.29 is 18.4 Å². The van der Waals surface area contributed by atoms with Gasteiger partial charge in [0.05, 0.1) is 39.5 Å². The predicted molar refractivity (Wildman–Crippen MR) is 202 cm³/mol. The van der Waals surface area contributed by atoms with Crippen LogP contribution in [0.25, 0.3) is 20.4 Å². The van der Waals surface area contributed by atoms with E-state index >= 15 is 0 Å². The number of amides is 1. The van der Waals surface area contributed by atoms with Crippen LogP contribution >= 0.6 is 47.5 Å². The summed E-state index contributed by atoms with van der Waals surface area (Å²) in [6.45, 7) is 10.1. The van der Waals surface area contributed by atoms with Crippen LogP contribution in [-0.2, 0) is 24.1 Å². The molecule has 0 aliphatic carbocycles. The zero-order valence-electron chi connectivity index (χ0n) is 28.1. The quantitative estimate of drug-likeness (QED) is 0.124. The maximum atomic E-state index is 11.9. The molecule has 0 aliphatic rings. The van der Waals surface area contributed by atoms with Crippen molar-refractivity contribution in [2.24, 2.45) is 5.73 Å². The molecule has 12 nitrogen and oxygen atoms in total. The minimum atomic E-state index is -0.512. The van der Waals surface area contributed by atoms with E-state index in [-0.39, 0.29) is 36.9 Å². The summed E-state index contributed by atoms with van der Waals surface area (Å²) in [6, 6.07) is 11.7. The van der Waals surface area contributed by atoms with Gasteiger partial charge in [-0.3, -0.25) is 4.90 Å². The fourth-order valence-corrected chi connectivity index (χ4v) is 7.17. The number of aromatic nitrogens is 4. The number of nitrogens with one attached hydrogen (secondary N) is 2. The number of anilines is 3. The summed E-state index contributed by atoms with van der Waals surface area (Å²) in [4.78, 5) is 33.6. The highest BCUT2D eigenvalue weighted by molar-refractivity contribution is 7.20. The molecule has 0 fully saturated rings. The molecule has 6 rings (SSSR count). The molecule has 0 aromatic carbocycles. The number of furan rings is 2. The lowest BCUT2D eigenvalue weighted by Crippen LogP contribution is -2.38.